The van der Waals surface area contributed by atoms with Crippen molar-refractivity contribution in [2.24, 2.45) is 0 Å². The van der Waals surface area contributed by atoms with Gasteiger partial charge in [-0.3, -0.25) is 4.79 Å². The van der Waals surface area contributed by atoms with Crippen LogP contribution in [0.15, 0.2) is 18.2 Å². The van der Waals surface area contributed by atoms with E-state index in [9.17, 15) is 9.18 Å². The third-order valence-corrected chi connectivity index (χ3v) is 2.68. The van der Waals surface area contributed by atoms with Gasteiger partial charge in [0.1, 0.15) is 5.82 Å². The quantitative estimate of drug-likeness (QED) is 0.802. The molecule has 1 aromatic carbocycles. The highest BCUT2D eigenvalue weighted by atomic mass is 19.1. The molecule has 0 aliphatic rings. The third kappa shape index (κ3) is 6.34. The number of carbonyl (C=O) groups excluding carboxylic acids is 1. The molecule has 0 saturated carbocycles. The summed E-state index contributed by atoms with van der Waals surface area (Å²) in [5, 5.41) is 5.98. The molecule has 0 spiro atoms. The average Bonchev–Trinajstić information content (AvgIpc) is 2.24. The van der Waals surface area contributed by atoms with Gasteiger partial charge in [0.15, 0.2) is 0 Å². The van der Waals surface area contributed by atoms with E-state index in [4.69, 9.17) is 0 Å². The first kappa shape index (κ1) is 15.6. The second kappa shape index (κ2) is 6.66. The monoisotopic (exact) mass is 266 g/mol. The van der Waals surface area contributed by atoms with Gasteiger partial charge in [-0.2, -0.15) is 0 Å². The molecule has 1 aromatic rings. The SMILES string of the molecule is Cc1cc(F)ccc1CCNCC(=O)NC(C)(C)C. The van der Waals surface area contributed by atoms with Crippen molar-refractivity contribution in [1.29, 1.82) is 0 Å². The van der Waals surface area contributed by atoms with Gasteiger partial charge in [0.2, 0.25) is 5.91 Å². The first-order chi connectivity index (χ1) is 8.78. The Labute approximate surface area is 114 Å². The Kier molecular flexibility index (Phi) is 5.48. The molecule has 0 aliphatic carbocycles. The fraction of sp³-hybridized carbons (Fsp3) is 0.533. The molecular weight excluding hydrogens is 243 g/mol. The molecule has 19 heavy (non-hydrogen) atoms. The number of amides is 1. The second-order valence-electron chi connectivity index (χ2n) is 5.80. The maximum Gasteiger partial charge on any atom is 0.234 e. The molecule has 4 heteroatoms. The largest absolute Gasteiger partial charge is 0.350 e. The zero-order chi connectivity index (χ0) is 14.5. The van der Waals surface area contributed by atoms with Crippen LogP contribution in [0, 0.1) is 12.7 Å². The Morgan fingerprint density at radius 3 is 2.58 bits per heavy atom. The molecule has 1 rings (SSSR count). The van der Waals surface area contributed by atoms with E-state index in [2.05, 4.69) is 10.6 Å². The minimum absolute atomic E-state index is 0.0108. The fourth-order valence-corrected chi connectivity index (χ4v) is 1.83. The first-order valence-corrected chi connectivity index (χ1v) is 6.55. The number of benzene rings is 1. The molecule has 0 aromatic heterocycles. The smallest absolute Gasteiger partial charge is 0.234 e. The number of nitrogens with one attached hydrogen (secondary N) is 2. The molecule has 3 nitrogen and oxygen atoms in total. The van der Waals surface area contributed by atoms with Crippen molar-refractivity contribution in [2.75, 3.05) is 13.1 Å². The van der Waals surface area contributed by atoms with Gasteiger partial charge in [0, 0.05) is 5.54 Å². The molecule has 0 radical (unpaired) electrons. The number of halogens is 1. The summed E-state index contributed by atoms with van der Waals surface area (Å²) in [7, 11) is 0. The summed E-state index contributed by atoms with van der Waals surface area (Å²) >= 11 is 0. The highest BCUT2D eigenvalue weighted by Crippen LogP contribution is 2.10. The minimum Gasteiger partial charge on any atom is -0.350 e. The van der Waals surface area contributed by atoms with E-state index in [1.807, 2.05) is 27.7 Å². The van der Waals surface area contributed by atoms with Crippen molar-refractivity contribution >= 4 is 5.91 Å². The van der Waals surface area contributed by atoms with Crippen molar-refractivity contribution in [1.82, 2.24) is 10.6 Å². The van der Waals surface area contributed by atoms with Crippen molar-refractivity contribution in [3.63, 3.8) is 0 Å². The van der Waals surface area contributed by atoms with Crippen LogP contribution in [0.5, 0.6) is 0 Å². The normalized spacial score (nSPS) is 11.4. The Hall–Kier alpha value is -1.42. The number of hydrogen-bond acceptors (Lipinski definition) is 2. The predicted octanol–water partition coefficient (Wildman–Crippen LogP) is 2.18. The van der Waals surface area contributed by atoms with E-state index in [0.717, 1.165) is 17.5 Å². The average molecular weight is 266 g/mol. The minimum atomic E-state index is -0.209. The van der Waals surface area contributed by atoms with Crippen LogP contribution >= 0.6 is 0 Å². The molecular formula is C15H23FN2O. The van der Waals surface area contributed by atoms with Crippen LogP contribution in [0.3, 0.4) is 0 Å². The van der Waals surface area contributed by atoms with Crippen LogP contribution in [-0.4, -0.2) is 24.5 Å². The van der Waals surface area contributed by atoms with Crippen molar-refractivity contribution in [3.05, 3.63) is 35.1 Å². The molecule has 1 amide bonds. The summed E-state index contributed by atoms with van der Waals surface area (Å²) in [4.78, 5) is 11.6. The lowest BCUT2D eigenvalue weighted by molar-refractivity contribution is -0.121. The third-order valence-electron chi connectivity index (χ3n) is 2.68. The van der Waals surface area contributed by atoms with Gasteiger partial charge in [0.05, 0.1) is 6.54 Å². The van der Waals surface area contributed by atoms with Gasteiger partial charge in [-0.25, -0.2) is 4.39 Å². The molecule has 2 N–H and O–H groups in total. The standard InChI is InChI=1S/C15H23FN2O/c1-11-9-13(16)6-5-12(11)7-8-17-10-14(19)18-15(2,3)4/h5-6,9,17H,7-8,10H2,1-4H3,(H,18,19). The lowest BCUT2D eigenvalue weighted by Gasteiger charge is -2.20. The molecule has 0 aliphatic heterocycles. The molecule has 0 saturated heterocycles. The van der Waals surface area contributed by atoms with Gasteiger partial charge in [-0.15, -0.1) is 0 Å². The molecule has 0 atom stereocenters. The highest BCUT2D eigenvalue weighted by Gasteiger charge is 2.12. The molecule has 0 heterocycles. The van der Waals surface area contributed by atoms with Crippen LogP contribution in [0.25, 0.3) is 0 Å². The van der Waals surface area contributed by atoms with Crippen LogP contribution < -0.4 is 10.6 Å². The van der Waals surface area contributed by atoms with Crippen LogP contribution in [-0.2, 0) is 11.2 Å². The first-order valence-electron chi connectivity index (χ1n) is 6.55. The van der Waals surface area contributed by atoms with Gasteiger partial charge in [-0.05, 0) is 63.9 Å². The zero-order valence-electron chi connectivity index (χ0n) is 12.1. The van der Waals surface area contributed by atoms with Crippen LogP contribution in [0.1, 0.15) is 31.9 Å². The van der Waals surface area contributed by atoms with Crippen molar-refractivity contribution in [3.8, 4) is 0 Å². The zero-order valence-corrected chi connectivity index (χ0v) is 12.1. The summed E-state index contributed by atoms with van der Waals surface area (Å²) in [5.41, 5.74) is 1.85. The van der Waals surface area contributed by atoms with E-state index in [1.54, 1.807) is 6.07 Å². The van der Waals surface area contributed by atoms with Crippen LogP contribution in [0.2, 0.25) is 0 Å². The lowest BCUT2D eigenvalue weighted by Crippen LogP contribution is -2.45. The van der Waals surface area contributed by atoms with E-state index in [0.29, 0.717) is 13.1 Å². The summed E-state index contributed by atoms with van der Waals surface area (Å²) in [6, 6.07) is 4.79. The number of carbonyl (C=O) groups is 1. The molecule has 0 fully saturated rings. The maximum absolute atomic E-state index is 12.9. The van der Waals surface area contributed by atoms with Crippen molar-refractivity contribution in [2.45, 2.75) is 39.7 Å². The number of hydrogen-bond donors (Lipinski definition) is 2. The maximum atomic E-state index is 12.9. The van der Waals surface area contributed by atoms with Gasteiger partial charge >= 0.3 is 0 Å². The van der Waals surface area contributed by atoms with Crippen LogP contribution in [0.4, 0.5) is 4.39 Å². The molecule has 106 valence electrons. The highest BCUT2D eigenvalue weighted by molar-refractivity contribution is 5.78. The predicted molar refractivity (Wildman–Crippen MR) is 75.6 cm³/mol. The fourth-order valence-electron chi connectivity index (χ4n) is 1.83. The van der Waals surface area contributed by atoms with E-state index >= 15 is 0 Å². The summed E-state index contributed by atoms with van der Waals surface area (Å²) < 4.78 is 12.9. The molecule has 0 bridgehead atoms. The summed E-state index contributed by atoms with van der Waals surface area (Å²) in [5.74, 6) is -0.220. The Morgan fingerprint density at radius 2 is 2.00 bits per heavy atom. The number of aryl methyl sites for hydroxylation is 1. The van der Waals surface area contributed by atoms with E-state index < -0.39 is 0 Å². The topological polar surface area (TPSA) is 41.1 Å². The van der Waals surface area contributed by atoms with E-state index in [1.165, 1.54) is 12.1 Å². The Bertz CT molecular complexity index is 438. The van der Waals surface area contributed by atoms with Crippen molar-refractivity contribution < 1.29 is 9.18 Å². The second-order valence-corrected chi connectivity index (χ2v) is 5.80. The van der Waals surface area contributed by atoms with Gasteiger partial charge in [0.25, 0.3) is 0 Å². The summed E-state index contributed by atoms with van der Waals surface area (Å²) in [6.45, 7) is 8.75. The Morgan fingerprint density at radius 1 is 1.32 bits per heavy atom. The Balaban J connectivity index is 2.29. The molecule has 0 unspecified atom stereocenters. The summed E-state index contributed by atoms with van der Waals surface area (Å²) in [6.07, 6.45) is 0.787. The van der Waals surface area contributed by atoms with Gasteiger partial charge in [-0.1, -0.05) is 6.07 Å². The lowest BCUT2D eigenvalue weighted by atomic mass is 10.1. The van der Waals surface area contributed by atoms with E-state index in [-0.39, 0.29) is 17.3 Å². The van der Waals surface area contributed by atoms with Gasteiger partial charge < -0.3 is 10.6 Å². The number of rotatable bonds is 5.